The summed E-state index contributed by atoms with van der Waals surface area (Å²) in [6.07, 6.45) is 1.32. The van der Waals surface area contributed by atoms with Crippen LogP contribution >= 0.6 is 0 Å². The number of carbonyl (C=O) groups excluding carboxylic acids is 1. The van der Waals surface area contributed by atoms with E-state index in [1.807, 2.05) is 31.2 Å². The van der Waals surface area contributed by atoms with Crippen molar-refractivity contribution in [3.05, 3.63) is 35.4 Å². The van der Waals surface area contributed by atoms with Crippen molar-refractivity contribution in [3.63, 3.8) is 0 Å². The highest BCUT2D eigenvalue weighted by Gasteiger charge is 2.23. The first kappa shape index (κ1) is 12.3. The van der Waals surface area contributed by atoms with Crippen LogP contribution in [0.2, 0.25) is 0 Å². The molecule has 1 unspecified atom stereocenters. The number of ether oxygens (including phenoxy) is 1. The molecule has 17 heavy (non-hydrogen) atoms. The first-order valence-electron chi connectivity index (χ1n) is 6.04. The van der Waals surface area contributed by atoms with E-state index in [0.717, 1.165) is 30.6 Å². The van der Waals surface area contributed by atoms with Crippen LogP contribution in [-0.2, 0) is 4.74 Å². The molecule has 0 aliphatic carbocycles. The minimum atomic E-state index is 0.199. The standard InChI is InChI=1S/C14H19NO2/c1-11-4-3-5-12(8-11)14(16)10-15-7-6-13(9-15)17-2/h3-5,8,13H,6-7,9-10H2,1-2H3. The third-order valence-electron chi connectivity index (χ3n) is 3.27. The SMILES string of the molecule is COC1CCN(CC(=O)c2cccc(C)c2)C1. The van der Waals surface area contributed by atoms with E-state index in [1.54, 1.807) is 7.11 Å². The van der Waals surface area contributed by atoms with Gasteiger partial charge in [0, 0.05) is 25.8 Å². The highest BCUT2D eigenvalue weighted by molar-refractivity contribution is 5.97. The Hall–Kier alpha value is -1.19. The molecule has 1 saturated heterocycles. The summed E-state index contributed by atoms with van der Waals surface area (Å²) in [6.45, 7) is 4.33. The average molecular weight is 233 g/mol. The molecule has 3 nitrogen and oxygen atoms in total. The van der Waals surface area contributed by atoms with Gasteiger partial charge in [-0.2, -0.15) is 0 Å². The number of hydrogen-bond acceptors (Lipinski definition) is 3. The minimum Gasteiger partial charge on any atom is -0.380 e. The van der Waals surface area contributed by atoms with Gasteiger partial charge in [-0.05, 0) is 19.4 Å². The lowest BCUT2D eigenvalue weighted by Crippen LogP contribution is -2.29. The van der Waals surface area contributed by atoms with Crippen LogP contribution in [0.1, 0.15) is 22.3 Å². The van der Waals surface area contributed by atoms with E-state index in [2.05, 4.69) is 4.90 Å². The van der Waals surface area contributed by atoms with Crippen molar-refractivity contribution in [3.8, 4) is 0 Å². The molecule has 1 aliphatic heterocycles. The van der Waals surface area contributed by atoms with Gasteiger partial charge in [0.05, 0.1) is 12.6 Å². The molecule has 0 amide bonds. The molecule has 0 radical (unpaired) electrons. The predicted molar refractivity (Wildman–Crippen MR) is 67.4 cm³/mol. The van der Waals surface area contributed by atoms with E-state index in [4.69, 9.17) is 4.74 Å². The van der Waals surface area contributed by atoms with Crippen LogP contribution in [0.25, 0.3) is 0 Å². The highest BCUT2D eigenvalue weighted by atomic mass is 16.5. The number of likely N-dealkylation sites (tertiary alicyclic amines) is 1. The van der Waals surface area contributed by atoms with Gasteiger partial charge < -0.3 is 4.74 Å². The normalized spacial score (nSPS) is 20.7. The van der Waals surface area contributed by atoms with E-state index in [0.29, 0.717) is 12.6 Å². The molecule has 1 fully saturated rings. The Morgan fingerprint density at radius 1 is 1.53 bits per heavy atom. The van der Waals surface area contributed by atoms with Crippen LogP contribution in [0, 0.1) is 6.92 Å². The van der Waals surface area contributed by atoms with Crippen molar-refractivity contribution in [1.82, 2.24) is 4.90 Å². The molecule has 0 bridgehead atoms. The summed E-state index contributed by atoms with van der Waals surface area (Å²) in [6, 6.07) is 7.78. The molecule has 1 atom stereocenters. The quantitative estimate of drug-likeness (QED) is 0.744. The van der Waals surface area contributed by atoms with Crippen molar-refractivity contribution in [2.75, 3.05) is 26.7 Å². The van der Waals surface area contributed by atoms with Crippen LogP contribution in [-0.4, -0.2) is 43.5 Å². The topological polar surface area (TPSA) is 29.5 Å². The van der Waals surface area contributed by atoms with Gasteiger partial charge in [0.1, 0.15) is 0 Å². The number of aryl methyl sites for hydroxylation is 1. The van der Waals surface area contributed by atoms with Crippen LogP contribution < -0.4 is 0 Å². The Morgan fingerprint density at radius 3 is 3.00 bits per heavy atom. The third-order valence-corrected chi connectivity index (χ3v) is 3.27. The van der Waals surface area contributed by atoms with Gasteiger partial charge in [0.15, 0.2) is 5.78 Å². The highest BCUT2D eigenvalue weighted by Crippen LogP contribution is 2.13. The van der Waals surface area contributed by atoms with Crippen molar-refractivity contribution >= 4 is 5.78 Å². The number of Topliss-reactive ketones (excluding diaryl/α,β-unsaturated/α-hetero) is 1. The summed E-state index contributed by atoms with van der Waals surface area (Å²) in [4.78, 5) is 14.2. The summed E-state index contributed by atoms with van der Waals surface area (Å²) >= 11 is 0. The fourth-order valence-corrected chi connectivity index (χ4v) is 2.25. The number of rotatable bonds is 4. The monoisotopic (exact) mass is 233 g/mol. The van der Waals surface area contributed by atoms with E-state index < -0.39 is 0 Å². The van der Waals surface area contributed by atoms with Gasteiger partial charge in [-0.1, -0.05) is 23.8 Å². The van der Waals surface area contributed by atoms with E-state index >= 15 is 0 Å². The number of ketones is 1. The molecule has 0 N–H and O–H groups in total. The largest absolute Gasteiger partial charge is 0.380 e. The van der Waals surface area contributed by atoms with Crippen molar-refractivity contribution in [1.29, 1.82) is 0 Å². The molecule has 0 aromatic heterocycles. The van der Waals surface area contributed by atoms with Crippen molar-refractivity contribution < 1.29 is 9.53 Å². The van der Waals surface area contributed by atoms with Gasteiger partial charge in [-0.3, -0.25) is 9.69 Å². The maximum atomic E-state index is 12.1. The van der Waals surface area contributed by atoms with Crippen LogP contribution in [0.5, 0.6) is 0 Å². The summed E-state index contributed by atoms with van der Waals surface area (Å²) in [7, 11) is 1.73. The zero-order valence-electron chi connectivity index (χ0n) is 10.5. The smallest absolute Gasteiger partial charge is 0.176 e. The first-order chi connectivity index (χ1) is 8.19. The van der Waals surface area contributed by atoms with Gasteiger partial charge in [0.25, 0.3) is 0 Å². The predicted octanol–water partition coefficient (Wildman–Crippen LogP) is 1.90. The van der Waals surface area contributed by atoms with Crippen LogP contribution in [0.4, 0.5) is 0 Å². The van der Waals surface area contributed by atoms with E-state index in [-0.39, 0.29) is 5.78 Å². The Kier molecular flexibility index (Phi) is 3.92. The molecule has 92 valence electrons. The summed E-state index contributed by atoms with van der Waals surface area (Å²) in [5, 5.41) is 0. The van der Waals surface area contributed by atoms with Crippen LogP contribution in [0.3, 0.4) is 0 Å². The number of carbonyl (C=O) groups is 1. The zero-order valence-corrected chi connectivity index (χ0v) is 10.5. The fourth-order valence-electron chi connectivity index (χ4n) is 2.25. The molecule has 0 spiro atoms. The number of benzene rings is 1. The molecule has 3 heteroatoms. The Morgan fingerprint density at radius 2 is 2.35 bits per heavy atom. The van der Waals surface area contributed by atoms with Gasteiger partial charge >= 0.3 is 0 Å². The number of methoxy groups -OCH3 is 1. The Labute approximate surface area is 102 Å². The lowest BCUT2D eigenvalue weighted by atomic mass is 10.1. The van der Waals surface area contributed by atoms with Gasteiger partial charge in [0.2, 0.25) is 0 Å². The van der Waals surface area contributed by atoms with Crippen molar-refractivity contribution in [2.45, 2.75) is 19.4 Å². The Bertz CT molecular complexity index is 403. The third kappa shape index (κ3) is 3.14. The molecular weight excluding hydrogens is 214 g/mol. The second-order valence-corrected chi connectivity index (χ2v) is 4.67. The summed E-state index contributed by atoms with van der Waals surface area (Å²) in [5.74, 6) is 0.199. The molecule has 2 rings (SSSR count). The number of nitrogens with zero attached hydrogens (tertiary/aromatic N) is 1. The maximum absolute atomic E-state index is 12.1. The zero-order chi connectivity index (χ0) is 12.3. The second kappa shape index (κ2) is 5.43. The molecule has 1 heterocycles. The molecule has 1 aromatic rings. The molecule has 1 aromatic carbocycles. The van der Waals surface area contributed by atoms with Gasteiger partial charge in [-0.25, -0.2) is 0 Å². The van der Waals surface area contributed by atoms with E-state index in [1.165, 1.54) is 0 Å². The average Bonchev–Trinajstić information content (AvgIpc) is 2.77. The molecule has 0 saturated carbocycles. The first-order valence-corrected chi connectivity index (χ1v) is 6.04. The lowest BCUT2D eigenvalue weighted by molar-refractivity contribution is 0.0899. The molecular formula is C14H19NO2. The Balaban J connectivity index is 1.94. The number of hydrogen-bond donors (Lipinski definition) is 0. The van der Waals surface area contributed by atoms with Crippen LogP contribution in [0.15, 0.2) is 24.3 Å². The summed E-state index contributed by atoms with van der Waals surface area (Å²) < 4.78 is 5.29. The van der Waals surface area contributed by atoms with E-state index in [9.17, 15) is 4.79 Å². The lowest BCUT2D eigenvalue weighted by Gasteiger charge is -2.14. The van der Waals surface area contributed by atoms with Gasteiger partial charge in [-0.15, -0.1) is 0 Å². The minimum absolute atomic E-state index is 0.199. The fraction of sp³-hybridized carbons (Fsp3) is 0.500. The summed E-state index contributed by atoms with van der Waals surface area (Å²) in [5.41, 5.74) is 1.94. The maximum Gasteiger partial charge on any atom is 0.176 e. The molecule has 1 aliphatic rings. The second-order valence-electron chi connectivity index (χ2n) is 4.67. The van der Waals surface area contributed by atoms with Crippen molar-refractivity contribution in [2.24, 2.45) is 0 Å².